The quantitative estimate of drug-likeness (QED) is 0.866. The number of nitrogens with zero attached hydrogens (tertiary/aromatic N) is 1. The van der Waals surface area contributed by atoms with Crippen LogP contribution >= 0.6 is 0 Å². The highest BCUT2D eigenvalue weighted by Crippen LogP contribution is 2.25. The molecular weight excluding hydrogens is 296 g/mol. The van der Waals surface area contributed by atoms with Crippen LogP contribution in [0.2, 0.25) is 0 Å². The predicted molar refractivity (Wildman–Crippen MR) is 86.7 cm³/mol. The zero-order chi connectivity index (χ0) is 17.0. The molecule has 1 heterocycles. The maximum atomic E-state index is 12.7. The van der Waals surface area contributed by atoms with Gasteiger partial charge >= 0.3 is 5.97 Å². The average Bonchev–Trinajstić information content (AvgIpc) is 2.53. The molecule has 0 spiro atoms. The predicted octanol–water partition coefficient (Wildman–Crippen LogP) is 1.86. The largest absolute Gasteiger partial charge is 0.480 e. The van der Waals surface area contributed by atoms with Crippen LogP contribution in [0.15, 0.2) is 10.9 Å². The molecule has 0 saturated heterocycles. The fourth-order valence-electron chi connectivity index (χ4n) is 3.15. The van der Waals surface area contributed by atoms with Crippen LogP contribution in [0.5, 0.6) is 0 Å². The number of hydrogen-bond acceptors (Lipinski definition) is 3. The van der Waals surface area contributed by atoms with E-state index in [0.717, 1.165) is 24.1 Å². The van der Waals surface area contributed by atoms with Gasteiger partial charge in [-0.05, 0) is 44.2 Å². The van der Waals surface area contributed by atoms with E-state index < -0.39 is 18.4 Å². The molecule has 1 aromatic rings. The molecule has 1 amide bonds. The first-order chi connectivity index (χ1) is 10.9. The van der Waals surface area contributed by atoms with Gasteiger partial charge in [0, 0.05) is 12.2 Å². The topological polar surface area (TPSA) is 88.4 Å². The van der Waals surface area contributed by atoms with Crippen LogP contribution in [0.1, 0.15) is 53.7 Å². The van der Waals surface area contributed by atoms with Crippen LogP contribution in [-0.2, 0) is 11.3 Å². The summed E-state index contributed by atoms with van der Waals surface area (Å²) in [4.78, 5) is 35.3. The summed E-state index contributed by atoms with van der Waals surface area (Å²) in [5.41, 5.74) is 1.42. The molecule has 2 rings (SSSR count). The van der Waals surface area contributed by atoms with Crippen molar-refractivity contribution in [2.75, 3.05) is 6.54 Å². The number of carbonyl (C=O) groups excluding carboxylic acids is 1. The number of carbonyl (C=O) groups is 2. The van der Waals surface area contributed by atoms with Crippen LogP contribution in [0.3, 0.4) is 0 Å². The molecule has 0 aliphatic heterocycles. The molecular formula is C17H24N2O4. The van der Waals surface area contributed by atoms with E-state index in [1.54, 1.807) is 10.6 Å². The van der Waals surface area contributed by atoms with Crippen molar-refractivity contribution in [2.24, 2.45) is 5.92 Å². The molecule has 0 bridgehead atoms. The maximum absolute atomic E-state index is 12.7. The SMILES string of the molecule is Cc1cc(C(=O)NCC(=O)O)c(=O)n(CC2CCCCC2)c1C. The Morgan fingerprint density at radius 2 is 1.91 bits per heavy atom. The number of rotatable bonds is 5. The summed E-state index contributed by atoms with van der Waals surface area (Å²) < 4.78 is 1.68. The molecule has 126 valence electrons. The lowest BCUT2D eigenvalue weighted by Crippen LogP contribution is -2.37. The first-order valence-corrected chi connectivity index (χ1v) is 8.11. The van der Waals surface area contributed by atoms with Crippen molar-refractivity contribution in [1.82, 2.24) is 9.88 Å². The lowest BCUT2D eigenvalue weighted by Gasteiger charge is -2.24. The first kappa shape index (κ1) is 17.2. The molecule has 1 fully saturated rings. The van der Waals surface area contributed by atoms with Crippen LogP contribution in [0, 0.1) is 19.8 Å². The molecule has 6 nitrogen and oxygen atoms in total. The van der Waals surface area contributed by atoms with Gasteiger partial charge in [-0.25, -0.2) is 0 Å². The van der Waals surface area contributed by atoms with E-state index in [9.17, 15) is 14.4 Å². The Hall–Kier alpha value is -2.11. The van der Waals surface area contributed by atoms with Gasteiger partial charge in [-0.1, -0.05) is 19.3 Å². The van der Waals surface area contributed by atoms with Crippen molar-refractivity contribution in [3.63, 3.8) is 0 Å². The number of hydrogen-bond donors (Lipinski definition) is 2. The number of amides is 1. The minimum atomic E-state index is -1.13. The maximum Gasteiger partial charge on any atom is 0.322 e. The molecule has 2 N–H and O–H groups in total. The van der Waals surface area contributed by atoms with Crippen LogP contribution in [-0.4, -0.2) is 28.1 Å². The van der Waals surface area contributed by atoms with Crippen molar-refractivity contribution >= 4 is 11.9 Å². The second-order valence-electron chi connectivity index (χ2n) is 6.32. The fraction of sp³-hybridized carbons (Fsp3) is 0.588. The Labute approximate surface area is 135 Å². The van der Waals surface area contributed by atoms with Gasteiger partial charge in [0.05, 0.1) is 0 Å². The summed E-state index contributed by atoms with van der Waals surface area (Å²) in [6.07, 6.45) is 5.86. The molecule has 1 saturated carbocycles. The Balaban J connectivity index is 2.28. The highest BCUT2D eigenvalue weighted by atomic mass is 16.4. The highest BCUT2D eigenvalue weighted by molar-refractivity contribution is 5.95. The third kappa shape index (κ3) is 4.21. The second kappa shape index (κ2) is 7.44. The number of carboxylic acid groups (broad SMARTS) is 1. The molecule has 0 aromatic carbocycles. The van der Waals surface area contributed by atoms with Gasteiger partial charge in [-0.2, -0.15) is 0 Å². The normalized spacial score (nSPS) is 15.4. The van der Waals surface area contributed by atoms with Gasteiger partial charge in [0.2, 0.25) is 0 Å². The first-order valence-electron chi connectivity index (χ1n) is 8.11. The van der Waals surface area contributed by atoms with E-state index in [1.165, 1.54) is 19.3 Å². The number of aliphatic carboxylic acids is 1. The summed E-state index contributed by atoms with van der Waals surface area (Å²) in [5.74, 6) is -1.29. The summed E-state index contributed by atoms with van der Waals surface area (Å²) in [6.45, 7) is 3.89. The minimum absolute atomic E-state index is 0.0187. The van der Waals surface area contributed by atoms with Gasteiger partial charge < -0.3 is 15.0 Å². The Kier molecular flexibility index (Phi) is 5.58. The van der Waals surface area contributed by atoms with Crippen molar-refractivity contribution in [1.29, 1.82) is 0 Å². The van der Waals surface area contributed by atoms with Crippen LogP contribution in [0.4, 0.5) is 0 Å². The second-order valence-corrected chi connectivity index (χ2v) is 6.32. The molecule has 1 aliphatic carbocycles. The molecule has 6 heteroatoms. The zero-order valence-electron chi connectivity index (χ0n) is 13.7. The number of aryl methyl sites for hydroxylation is 1. The standard InChI is InChI=1S/C17H24N2O4/c1-11-8-14(16(22)18-9-15(20)21)17(23)19(12(11)2)10-13-6-4-3-5-7-13/h8,13H,3-7,9-10H2,1-2H3,(H,18,22)(H,20,21). The summed E-state index contributed by atoms with van der Waals surface area (Å²) >= 11 is 0. The van der Waals surface area contributed by atoms with Crippen molar-refractivity contribution in [3.8, 4) is 0 Å². The van der Waals surface area contributed by atoms with E-state index in [2.05, 4.69) is 5.32 Å². The third-order valence-corrected chi connectivity index (χ3v) is 4.62. The van der Waals surface area contributed by atoms with E-state index >= 15 is 0 Å². The van der Waals surface area contributed by atoms with Crippen molar-refractivity contribution < 1.29 is 14.7 Å². The molecule has 0 radical (unpaired) electrons. The average molecular weight is 320 g/mol. The van der Waals surface area contributed by atoms with Crippen LogP contribution < -0.4 is 10.9 Å². The minimum Gasteiger partial charge on any atom is -0.480 e. The number of aromatic nitrogens is 1. The lowest BCUT2D eigenvalue weighted by molar-refractivity contribution is -0.135. The van der Waals surface area contributed by atoms with Gasteiger partial charge in [-0.3, -0.25) is 14.4 Å². The van der Waals surface area contributed by atoms with E-state index in [4.69, 9.17) is 5.11 Å². The lowest BCUT2D eigenvalue weighted by atomic mass is 9.89. The van der Waals surface area contributed by atoms with Gasteiger partial charge in [-0.15, -0.1) is 0 Å². The zero-order valence-corrected chi connectivity index (χ0v) is 13.7. The third-order valence-electron chi connectivity index (χ3n) is 4.62. The van der Waals surface area contributed by atoms with Crippen LogP contribution in [0.25, 0.3) is 0 Å². The molecule has 0 atom stereocenters. The van der Waals surface area contributed by atoms with E-state index in [1.807, 2.05) is 13.8 Å². The number of carboxylic acids is 1. The van der Waals surface area contributed by atoms with Gasteiger partial charge in [0.1, 0.15) is 12.1 Å². The molecule has 23 heavy (non-hydrogen) atoms. The summed E-state index contributed by atoms with van der Waals surface area (Å²) in [5, 5.41) is 10.9. The number of nitrogens with one attached hydrogen (secondary N) is 1. The Morgan fingerprint density at radius 1 is 1.26 bits per heavy atom. The Morgan fingerprint density at radius 3 is 2.52 bits per heavy atom. The summed E-state index contributed by atoms with van der Waals surface area (Å²) in [7, 11) is 0. The summed E-state index contributed by atoms with van der Waals surface area (Å²) in [6, 6.07) is 1.55. The number of pyridine rings is 1. The van der Waals surface area contributed by atoms with Gasteiger partial charge in [0.25, 0.3) is 11.5 Å². The smallest absolute Gasteiger partial charge is 0.322 e. The molecule has 1 aliphatic rings. The van der Waals surface area contributed by atoms with Gasteiger partial charge in [0.15, 0.2) is 0 Å². The van der Waals surface area contributed by atoms with Crippen molar-refractivity contribution in [2.45, 2.75) is 52.5 Å². The molecule has 0 unspecified atom stereocenters. The Bertz CT molecular complexity index is 657. The monoisotopic (exact) mass is 320 g/mol. The fourth-order valence-corrected chi connectivity index (χ4v) is 3.15. The van der Waals surface area contributed by atoms with Crippen molar-refractivity contribution in [3.05, 3.63) is 33.2 Å². The van der Waals surface area contributed by atoms with E-state index in [0.29, 0.717) is 12.5 Å². The van der Waals surface area contributed by atoms with E-state index in [-0.39, 0.29) is 11.1 Å². The highest BCUT2D eigenvalue weighted by Gasteiger charge is 2.20. The molecule has 1 aromatic heterocycles.